The number of hydrogen-bond acceptors (Lipinski definition) is 5. The minimum Gasteiger partial charge on any atom is -0.407 e. The van der Waals surface area contributed by atoms with E-state index in [2.05, 4.69) is 10.4 Å². The van der Waals surface area contributed by atoms with Crippen LogP contribution in [0.3, 0.4) is 0 Å². The average Bonchev–Trinajstić information content (AvgIpc) is 2.94. The molecule has 8 heteroatoms. The van der Waals surface area contributed by atoms with Crippen LogP contribution in [-0.2, 0) is 13.1 Å². The van der Waals surface area contributed by atoms with Crippen molar-refractivity contribution in [2.75, 3.05) is 19.5 Å². The van der Waals surface area contributed by atoms with Gasteiger partial charge in [-0.05, 0) is 23.8 Å². The lowest BCUT2D eigenvalue weighted by molar-refractivity contribution is 0.169. The van der Waals surface area contributed by atoms with Crippen LogP contribution in [0.4, 0.5) is 14.9 Å². The van der Waals surface area contributed by atoms with Crippen LogP contribution in [-0.4, -0.2) is 35.1 Å². The molecule has 1 aliphatic heterocycles. The van der Waals surface area contributed by atoms with Crippen molar-refractivity contribution >= 4 is 24.2 Å². The van der Waals surface area contributed by atoms with Gasteiger partial charge in [-0.25, -0.2) is 14.2 Å². The van der Waals surface area contributed by atoms with Gasteiger partial charge in [-0.1, -0.05) is 6.07 Å². The number of nitrogens with zero attached hydrogens (tertiary/aromatic N) is 3. The highest BCUT2D eigenvalue weighted by atomic mass is 35.5. The van der Waals surface area contributed by atoms with E-state index in [4.69, 9.17) is 4.74 Å². The number of nitrogens with one attached hydrogen (secondary N) is 1. The zero-order valence-electron chi connectivity index (χ0n) is 13.3. The van der Waals surface area contributed by atoms with E-state index >= 15 is 0 Å². The van der Waals surface area contributed by atoms with E-state index in [0.717, 1.165) is 11.3 Å². The lowest BCUT2D eigenvalue weighted by Crippen LogP contribution is -2.25. The average molecular weight is 353 g/mol. The molecular weight excluding hydrogens is 335 g/mol. The number of benzene rings is 1. The van der Waals surface area contributed by atoms with Gasteiger partial charge in [0.05, 0.1) is 5.69 Å². The molecule has 0 saturated carbocycles. The van der Waals surface area contributed by atoms with Crippen molar-refractivity contribution in [3.8, 4) is 5.75 Å². The van der Waals surface area contributed by atoms with Crippen LogP contribution in [0, 0.1) is 5.82 Å². The minimum atomic E-state index is -0.603. The molecule has 1 N–H and O–H groups in total. The van der Waals surface area contributed by atoms with Gasteiger partial charge in [0.1, 0.15) is 0 Å². The molecule has 0 fully saturated rings. The smallest absolute Gasteiger partial charge is 0.407 e. The topological polar surface area (TPSA) is 57.7 Å². The van der Waals surface area contributed by atoms with Crippen molar-refractivity contribution in [1.29, 1.82) is 0 Å². The third-order valence-corrected chi connectivity index (χ3v) is 3.54. The minimum absolute atomic E-state index is 0. The van der Waals surface area contributed by atoms with Crippen LogP contribution < -0.4 is 10.2 Å². The molecule has 0 saturated heterocycles. The molecule has 1 aromatic heterocycles. The number of hydrazine groups is 1. The van der Waals surface area contributed by atoms with Crippen molar-refractivity contribution in [2.24, 2.45) is 0 Å². The largest absolute Gasteiger partial charge is 0.414 e. The molecule has 3 rings (SSSR count). The molecule has 2 heterocycles. The Morgan fingerprint density at radius 3 is 2.62 bits per heavy atom. The molecule has 1 aliphatic rings. The third kappa shape index (κ3) is 3.74. The number of pyridine rings is 1. The summed E-state index contributed by atoms with van der Waals surface area (Å²) in [6, 6.07) is 6.95. The van der Waals surface area contributed by atoms with Crippen LogP contribution in [0.25, 0.3) is 0 Å². The van der Waals surface area contributed by atoms with Crippen molar-refractivity contribution in [2.45, 2.75) is 13.1 Å². The summed E-state index contributed by atoms with van der Waals surface area (Å²) in [5.41, 5.74) is 5.49. The number of aromatic nitrogens is 1. The second kappa shape index (κ2) is 7.46. The van der Waals surface area contributed by atoms with E-state index in [1.54, 1.807) is 32.6 Å². The van der Waals surface area contributed by atoms with Crippen LogP contribution in [0.5, 0.6) is 5.75 Å². The maximum absolute atomic E-state index is 14.5. The van der Waals surface area contributed by atoms with E-state index in [1.807, 2.05) is 17.1 Å². The molecule has 128 valence electrons. The maximum atomic E-state index is 14.5. The summed E-state index contributed by atoms with van der Waals surface area (Å²) in [7, 11) is 3.10. The Balaban J connectivity index is 0.00000208. The fourth-order valence-corrected chi connectivity index (χ4v) is 2.36. The Kier molecular flexibility index (Phi) is 5.58. The second-order valence-corrected chi connectivity index (χ2v) is 5.48. The van der Waals surface area contributed by atoms with Gasteiger partial charge >= 0.3 is 6.09 Å². The van der Waals surface area contributed by atoms with Crippen molar-refractivity contribution in [1.82, 2.24) is 14.9 Å². The number of hydrogen-bond donors (Lipinski definition) is 1. The normalized spacial score (nSPS) is 13.0. The Morgan fingerprint density at radius 1 is 1.25 bits per heavy atom. The lowest BCUT2D eigenvalue weighted by Gasteiger charge is -2.17. The van der Waals surface area contributed by atoms with Crippen LogP contribution in [0.1, 0.15) is 11.1 Å². The molecule has 6 nitrogen and oxygen atoms in total. The van der Waals surface area contributed by atoms with Crippen LogP contribution in [0.15, 0.2) is 36.7 Å². The molecule has 0 spiro atoms. The first-order valence-electron chi connectivity index (χ1n) is 7.15. The molecule has 24 heavy (non-hydrogen) atoms. The van der Waals surface area contributed by atoms with Crippen LogP contribution >= 0.6 is 12.4 Å². The summed E-state index contributed by atoms with van der Waals surface area (Å²) in [6.45, 7) is 0.952. The number of carbonyl (C=O) groups is 1. The molecule has 0 bridgehead atoms. The highest BCUT2D eigenvalue weighted by Gasteiger charge is 2.25. The fourth-order valence-electron chi connectivity index (χ4n) is 2.36. The lowest BCUT2D eigenvalue weighted by atomic mass is 10.1. The Morgan fingerprint density at radius 2 is 1.96 bits per heavy atom. The zero-order valence-corrected chi connectivity index (χ0v) is 14.1. The van der Waals surface area contributed by atoms with Gasteiger partial charge in [-0.15, -0.1) is 12.4 Å². The number of ether oxygens (including phenoxy) is 1. The van der Waals surface area contributed by atoms with Gasteiger partial charge in [0.15, 0.2) is 11.6 Å². The Hall–Kier alpha value is -2.38. The number of carbonyl (C=O) groups excluding carboxylic acids is 1. The molecule has 1 amide bonds. The van der Waals surface area contributed by atoms with Crippen molar-refractivity contribution in [3.05, 3.63) is 53.6 Å². The maximum Gasteiger partial charge on any atom is 0.414 e. The van der Waals surface area contributed by atoms with E-state index in [-0.39, 0.29) is 18.2 Å². The highest BCUT2D eigenvalue weighted by molar-refractivity contribution is 5.85. The number of rotatable bonds is 3. The quantitative estimate of drug-likeness (QED) is 0.920. The van der Waals surface area contributed by atoms with Crippen molar-refractivity contribution in [3.63, 3.8) is 0 Å². The van der Waals surface area contributed by atoms with Gasteiger partial charge in [-0.3, -0.25) is 4.98 Å². The summed E-state index contributed by atoms with van der Waals surface area (Å²) >= 11 is 0. The first kappa shape index (κ1) is 18.0. The van der Waals surface area contributed by atoms with E-state index in [0.29, 0.717) is 18.7 Å². The number of fused-ring (bicyclic) bond motifs is 1. The van der Waals surface area contributed by atoms with E-state index in [1.165, 1.54) is 11.0 Å². The first-order valence-corrected chi connectivity index (χ1v) is 7.15. The van der Waals surface area contributed by atoms with Gasteiger partial charge in [-0.2, -0.15) is 0 Å². The monoisotopic (exact) mass is 352 g/mol. The number of anilines is 1. The predicted molar refractivity (Wildman–Crippen MR) is 90.5 cm³/mol. The van der Waals surface area contributed by atoms with E-state index in [9.17, 15) is 9.18 Å². The van der Waals surface area contributed by atoms with Gasteiger partial charge in [0.25, 0.3) is 0 Å². The molecule has 2 aromatic rings. The second-order valence-electron chi connectivity index (χ2n) is 5.48. The molecule has 0 radical (unpaired) electrons. The molecule has 0 unspecified atom stereocenters. The molecular formula is C16H18ClFN4O2. The summed E-state index contributed by atoms with van der Waals surface area (Å²) in [6.07, 6.45) is 2.77. The Labute approximate surface area is 145 Å². The SMILES string of the molecule is CN(C)C(=O)Oc1ccc2c(c1F)CN(Nc1ccncc1)C2.Cl. The Bertz CT molecular complexity index is 728. The molecule has 1 aromatic carbocycles. The number of amides is 1. The fraction of sp³-hybridized carbons (Fsp3) is 0.250. The summed E-state index contributed by atoms with van der Waals surface area (Å²) < 4.78 is 19.6. The van der Waals surface area contributed by atoms with E-state index < -0.39 is 11.9 Å². The zero-order chi connectivity index (χ0) is 16.4. The van der Waals surface area contributed by atoms with Crippen molar-refractivity contribution < 1.29 is 13.9 Å². The van der Waals surface area contributed by atoms with Gasteiger partial charge in [0, 0.05) is 45.1 Å². The standard InChI is InChI=1S/C16H17FN4O2.ClH/c1-20(2)16(22)23-14-4-3-11-9-21(10-13(11)15(14)17)19-12-5-7-18-8-6-12;/h3-8H,9-10H2,1-2H3,(H,18,19);1H. The first-order chi connectivity index (χ1) is 11.0. The van der Waals surface area contributed by atoms with Gasteiger partial charge in [0.2, 0.25) is 0 Å². The highest BCUT2D eigenvalue weighted by Crippen LogP contribution is 2.31. The van der Waals surface area contributed by atoms with Gasteiger partial charge < -0.3 is 15.1 Å². The summed E-state index contributed by atoms with van der Waals surface area (Å²) in [4.78, 5) is 16.8. The third-order valence-electron chi connectivity index (χ3n) is 3.54. The molecule has 0 atom stereocenters. The summed E-state index contributed by atoms with van der Waals surface area (Å²) in [5.74, 6) is -0.537. The van der Waals surface area contributed by atoms with Crippen LogP contribution in [0.2, 0.25) is 0 Å². The number of halogens is 2. The molecule has 0 aliphatic carbocycles. The summed E-state index contributed by atoms with van der Waals surface area (Å²) in [5, 5.41) is 1.89. The predicted octanol–water partition coefficient (Wildman–Crippen LogP) is 3.05.